The van der Waals surface area contributed by atoms with E-state index in [1.165, 1.54) is 0 Å². The predicted molar refractivity (Wildman–Crippen MR) is 85.8 cm³/mol. The van der Waals surface area contributed by atoms with Crippen molar-refractivity contribution in [1.29, 1.82) is 0 Å². The van der Waals surface area contributed by atoms with Crippen LogP contribution in [0.3, 0.4) is 0 Å². The minimum Gasteiger partial charge on any atom is -0.385 e. The van der Waals surface area contributed by atoms with Gasteiger partial charge in [-0.3, -0.25) is 4.79 Å². The minimum absolute atomic E-state index is 0.0193. The van der Waals surface area contributed by atoms with Crippen molar-refractivity contribution in [1.82, 2.24) is 0 Å². The zero-order valence-electron chi connectivity index (χ0n) is 12.9. The number of rotatable bonds is 7. The average molecular weight is 277 g/mol. The monoisotopic (exact) mass is 277 g/mol. The van der Waals surface area contributed by atoms with Gasteiger partial charge in [-0.05, 0) is 36.6 Å². The zero-order chi connectivity index (χ0) is 15.1. The number of carbonyl (C=O) groups is 1. The van der Waals surface area contributed by atoms with Crippen molar-refractivity contribution < 1.29 is 4.79 Å². The molecule has 0 aliphatic rings. The molecule has 4 N–H and O–H groups in total. The van der Waals surface area contributed by atoms with Crippen molar-refractivity contribution in [3.63, 3.8) is 0 Å². The Morgan fingerprint density at radius 2 is 1.85 bits per heavy atom. The second-order valence-corrected chi connectivity index (χ2v) is 5.85. The number of nitrogens with two attached hydrogens (primary N) is 1. The number of amides is 1. The molecular formula is C16H27N3O. The van der Waals surface area contributed by atoms with Gasteiger partial charge in [-0.15, -0.1) is 0 Å². The Bertz CT molecular complexity index is 429. The molecule has 1 rings (SSSR count). The van der Waals surface area contributed by atoms with Crippen LogP contribution in [0, 0.1) is 17.8 Å². The van der Waals surface area contributed by atoms with E-state index in [1.54, 1.807) is 0 Å². The number of anilines is 2. The number of nitrogens with one attached hydrogen (secondary N) is 2. The molecule has 0 heterocycles. The molecule has 0 aliphatic carbocycles. The van der Waals surface area contributed by atoms with Gasteiger partial charge in [-0.25, -0.2) is 0 Å². The maximum absolute atomic E-state index is 11.7. The molecule has 1 aromatic rings. The molecule has 0 saturated heterocycles. The van der Waals surface area contributed by atoms with Gasteiger partial charge in [0.25, 0.3) is 0 Å². The van der Waals surface area contributed by atoms with E-state index in [2.05, 4.69) is 24.5 Å². The van der Waals surface area contributed by atoms with Crippen LogP contribution in [0.25, 0.3) is 0 Å². The summed E-state index contributed by atoms with van der Waals surface area (Å²) in [5.41, 5.74) is 7.60. The molecule has 0 saturated carbocycles. The molecule has 4 heteroatoms. The number of hydrogen-bond acceptors (Lipinski definition) is 3. The Kier molecular flexibility index (Phi) is 6.52. The molecule has 1 amide bonds. The summed E-state index contributed by atoms with van der Waals surface area (Å²) in [6, 6.07) is 7.78. The topological polar surface area (TPSA) is 67.2 Å². The lowest BCUT2D eigenvalue weighted by molar-refractivity contribution is -0.118. The number of hydrogen-bond donors (Lipinski definition) is 3. The minimum atomic E-state index is -0.0193. The first-order valence-corrected chi connectivity index (χ1v) is 7.29. The maximum Gasteiger partial charge on any atom is 0.226 e. The molecule has 0 bridgehead atoms. The van der Waals surface area contributed by atoms with Crippen LogP contribution in [0.2, 0.25) is 0 Å². The van der Waals surface area contributed by atoms with Crippen LogP contribution in [0.15, 0.2) is 24.3 Å². The van der Waals surface area contributed by atoms with E-state index in [0.717, 1.165) is 17.9 Å². The maximum atomic E-state index is 11.7. The van der Waals surface area contributed by atoms with Crippen LogP contribution in [-0.2, 0) is 4.79 Å². The standard InChI is InChI=1S/C16H27N3O/c1-11(2)13(9-17)10-18-14-6-5-7-15(8-14)19-16(20)12(3)4/h5-8,11-13,18H,9-10,17H2,1-4H3,(H,19,20). The van der Waals surface area contributed by atoms with E-state index in [4.69, 9.17) is 5.73 Å². The number of benzene rings is 1. The second kappa shape index (κ2) is 7.90. The van der Waals surface area contributed by atoms with Crippen LogP contribution in [0.5, 0.6) is 0 Å². The van der Waals surface area contributed by atoms with Gasteiger partial charge in [0.1, 0.15) is 0 Å². The quantitative estimate of drug-likeness (QED) is 0.718. The van der Waals surface area contributed by atoms with Gasteiger partial charge in [0, 0.05) is 23.8 Å². The van der Waals surface area contributed by atoms with Crippen molar-refractivity contribution in [2.45, 2.75) is 27.7 Å². The van der Waals surface area contributed by atoms with E-state index in [1.807, 2.05) is 38.1 Å². The molecule has 0 radical (unpaired) electrons. The summed E-state index contributed by atoms with van der Waals surface area (Å²) in [6.45, 7) is 9.64. The molecule has 0 fully saturated rings. The molecule has 1 atom stereocenters. The molecular weight excluding hydrogens is 250 g/mol. The molecule has 20 heavy (non-hydrogen) atoms. The largest absolute Gasteiger partial charge is 0.385 e. The molecule has 4 nitrogen and oxygen atoms in total. The summed E-state index contributed by atoms with van der Waals surface area (Å²) in [5.74, 6) is 1.01. The van der Waals surface area contributed by atoms with Crippen molar-refractivity contribution in [2.24, 2.45) is 23.5 Å². The van der Waals surface area contributed by atoms with Crippen LogP contribution < -0.4 is 16.4 Å². The Balaban J connectivity index is 2.62. The molecule has 0 spiro atoms. The highest BCUT2D eigenvalue weighted by atomic mass is 16.1. The molecule has 0 aromatic heterocycles. The van der Waals surface area contributed by atoms with Gasteiger partial charge < -0.3 is 16.4 Å². The van der Waals surface area contributed by atoms with E-state index in [0.29, 0.717) is 18.4 Å². The van der Waals surface area contributed by atoms with Gasteiger partial charge >= 0.3 is 0 Å². The average Bonchev–Trinajstić information content (AvgIpc) is 2.39. The number of carbonyl (C=O) groups excluding carboxylic acids is 1. The van der Waals surface area contributed by atoms with Crippen molar-refractivity contribution in [2.75, 3.05) is 23.7 Å². The molecule has 1 aromatic carbocycles. The summed E-state index contributed by atoms with van der Waals surface area (Å²) < 4.78 is 0. The van der Waals surface area contributed by atoms with Gasteiger partial charge in [-0.2, -0.15) is 0 Å². The summed E-state index contributed by atoms with van der Waals surface area (Å²) in [4.78, 5) is 11.7. The summed E-state index contributed by atoms with van der Waals surface area (Å²) >= 11 is 0. The predicted octanol–water partition coefficient (Wildman–Crippen LogP) is 2.92. The van der Waals surface area contributed by atoms with E-state index in [-0.39, 0.29) is 11.8 Å². The van der Waals surface area contributed by atoms with Crippen LogP contribution in [0.4, 0.5) is 11.4 Å². The van der Waals surface area contributed by atoms with Gasteiger partial charge in [-0.1, -0.05) is 33.8 Å². The van der Waals surface area contributed by atoms with Gasteiger partial charge in [0.15, 0.2) is 0 Å². The molecule has 112 valence electrons. The Morgan fingerprint density at radius 3 is 2.40 bits per heavy atom. The van der Waals surface area contributed by atoms with Crippen molar-refractivity contribution in [3.05, 3.63) is 24.3 Å². The fourth-order valence-corrected chi connectivity index (χ4v) is 1.83. The molecule has 1 unspecified atom stereocenters. The Labute approximate surface area is 122 Å². The third kappa shape index (κ3) is 5.21. The third-order valence-corrected chi connectivity index (χ3v) is 3.47. The fraction of sp³-hybridized carbons (Fsp3) is 0.562. The first-order chi connectivity index (χ1) is 9.43. The summed E-state index contributed by atoms with van der Waals surface area (Å²) in [6.07, 6.45) is 0. The van der Waals surface area contributed by atoms with Crippen molar-refractivity contribution in [3.8, 4) is 0 Å². The zero-order valence-corrected chi connectivity index (χ0v) is 12.9. The fourth-order valence-electron chi connectivity index (χ4n) is 1.83. The first kappa shape index (κ1) is 16.5. The lowest BCUT2D eigenvalue weighted by atomic mass is 9.96. The second-order valence-electron chi connectivity index (χ2n) is 5.85. The highest BCUT2D eigenvalue weighted by Crippen LogP contribution is 2.17. The van der Waals surface area contributed by atoms with E-state index < -0.39 is 0 Å². The van der Waals surface area contributed by atoms with Crippen LogP contribution in [0.1, 0.15) is 27.7 Å². The summed E-state index contributed by atoms with van der Waals surface area (Å²) in [7, 11) is 0. The highest BCUT2D eigenvalue weighted by molar-refractivity contribution is 5.92. The SMILES string of the molecule is CC(C)C(=O)Nc1cccc(NCC(CN)C(C)C)c1. The normalized spacial score (nSPS) is 12.6. The van der Waals surface area contributed by atoms with Gasteiger partial charge in [0.2, 0.25) is 5.91 Å². The Morgan fingerprint density at radius 1 is 1.20 bits per heavy atom. The van der Waals surface area contributed by atoms with E-state index >= 15 is 0 Å². The smallest absolute Gasteiger partial charge is 0.226 e. The molecule has 0 aliphatic heterocycles. The van der Waals surface area contributed by atoms with Gasteiger partial charge in [0.05, 0.1) is 0 Å². The first-order valence-electron chi connectivity index (χ1n) is 7.29. The highest BCUT2D eigenvalue weighted by Gasteiger charge is 2.11. The lowest BCUT2D eigenvalue weighted by Gasteiger charge is -2.20. The van der Waals surface area contributed by atoms with Crippen LogP contribution in [-0.4, -0.2) is 19.0 Å². The van der Waals surface area contributed by atoms with Crippen LogP contribution >= 0.6 is 0 Å². The van der Waals surface area contributed by atoms with E-state index in [9.17, 15) is 4.79 Å². The Hall–Kier alpha value is -1.55. The summed E-state index contributed by atoms with van der Waals surface area (Å²) in [5, 5.41) is 6.29. The lowest BCUT2D eigenvalue weighted by Crippen LogP contribution is -2.27. The third-order valence-electron chi connectivity index (χ3n) is 3.47. The van der Waals surface area contributed by atoms with Crippen molar-refractivity contribution >= 4 is 17.3 Å².